The molecule has 0 fully saturated rings. The van der Waals surface area contributed by atoms with Crippen molar-refractivity contribution in [3.8, 4) is 0 Å². The SMILES string of the molecule is COP(=O)(CCP(CCP(=O)(OC)OC)c1ccccc1)OC.[B]. The zero-order valence-corrected chi connectivity index (χ0v) is 17.3. The maximum Gasteiger partial charge on any atom is 0.330 e. The normalized spacial score (nSPS) is 12.2. The first kappa shape index (κ1) is 24.0. The Balaban J connectivity index is 0.00000529. The predicted molar refractivity (Wildman–Crippen MR) is 101 cm³/mol. The highest BCUT2D eigenvalue weighted by Crippen LogP contribution is 2.52. The van der Waals surface area contributed by atoms with Crippen molar-refractivity contribution >= 4 is 36.8 Å². The molecular weight excluding hydrogens is 368 g/mol. The van der Waals surface area contributed by atoms with Crippen molar-refractivity contribution in [2.75, 3.05) is 53.1 Å². The molecule has 0 aliphatic heterocycles. The highest BCUT2D eigenvalue weighted by molar-refractivity contribution is 7.67. The van der Waals surface area contributed by atoms with Crippen molar-refractivity contribution in [2.24, 2.45) is 0 Å². The third-order valence-electron chi connectivity index (χ3n) is 3.52. The number of hydrogen-bond acceptors (Lipinski definition) is 6. The molecule has 0 saturated carbocycles. The summed E-state index contributed by atoms with van der Waals surface area (Å²) in [5.74, 6) is 0. The summed E-state index contributed by atoms with van der Waals surface area (Å²) in [7, 11) is -1.22. The van der Waals surface area contributed by atoms with Crippen molar-refractivity contribution in [2.45, 2.75) is 0 Å². The molecule has 6 nitrogen and oxygen atoms in total. The molecule has 0 atom stereocenters. The first-order valence-electron chi connectivity index (χ1n) is 7.13. The summed E-state index contributed by atoms with van der Waals surface area (Å²) >= 11 is 0. The van der Waals surface area contributed by atoms with Crippen molar-refractivity contribution in [1.82, 2.24) is 0 Å². The van der Waals surface area contributed by atoms with Gasteiger partial charge in [-0.25, -0.2) is 0 Å². The van der Waals surface area contributed by atoms with Crippen LogP contribution in [0.1, 0.15) is 0 Å². The highest BCUT2D eigenvalue weighted by Gasteiger charge is 2.27. The third kappa shape index (κ3) is 7.50. The maximum absolute atomic E-state index is 12.3. The Hall–Kier alpha value is 0.0149. The van der Waals surface area contributed by atoms with Crippen LogP contribution in [0.15, 0.2) is 30.3 Å². The minimum atomic E-state index is -3.05. The molecule has 0 bridgehead atoms. The molecule has 0 N–H and O–H groups in total. The topological polar surface area (TPSA) is 71.1 Å². The van der Waals surface area contributed by atoms with Crippen molar-refractivity contribution in [3.63, 3.8) is 0 Å². The van der Waals surface area contributed by atoms with E-state index in [-0.39, 0.29) is 8.41 Å². The molecule has 0 saturated heterocycles. The smallest absolute Gasteiger partial charge is 0.312 e. The van der Waals surface area contributed by atoms with Gasteiger partial charge in [-0.05, 0) is 17.6 Å². The Morgan fingerprint density at radius 1 is 0.792 bits per heavy atom. The zero-order valence-electron chi connectivity index (χ0n) is 14.6. The van der Waals surface area contributed by atoms with Crippen LogP contribution in [0.5, 0.6) is 0 Å². The second-order valence-electron chi connectivity index (χ2n) is 4.72. The van der Waals surface area contributed by atoms with Crippen molar-refractivity contribution in [1.29, 1.82) is 0 Å². The first-order chi connectivity index (χ1) is 10.9. The van der Waals surface area contributed by atoms with Crippen LogP contribution in [0.2, 0.25) is 0 Å². The van der Waals surface area contributed by atoms with Gasteiger partial charge in [-0.2, -0.15) is 0 Å². The largest absolute Gasteiger partial charge is 0.330 e. The van der Waals surface area contributed by atoms with Crippen molar-refractivity contribution in [3.05, 3.63) is 30.3 Å². The lowest BCUT2D eigenvalue weighted by molar-refractivity contribution is 0.277. The van der Waals surface area contributed by atoms with E-state index in [0.29, 0.717) is 24.6 Å². The third-order valence-corrected chi connectivity index (χ3v) is 10.6. The van der Waals surface area contributed by atoms with Gasteiger partial charge in [-0.1, -0.05) is 38.3 Å². The van der Waals surface area contributed by atoms with Crippen LogP contribution < -0.4 is 5.30 Å². The molecule has 0 aliphatic rings. The number of rotatable bonds is 11. The molecule has 10 heteroatoms. The molecule has 1 aromatic rings. The Morgan fingerprint density at radius 3 is 1.50 bits per heavy atom. The Morgan fingerprint density at radius 2 is 1.17 bits per heavy atom. The first-order valence-corrected chi connectivity index (χ1v) is 12.3. The minimum absolute atomic E-state index is 0. The van der Waals surface area contributed by atoms with Gasteiger partial charge in [0.2, 0.25) is 0 Å². The Bertz CT molecular complexity index is 511. The second kappa shape index (κ2) is 11.6. The average Bonchev–Trinajstić information content (AvgIpc) is 2.62. The molecule has 1 aromatic carbocycles. The van der Waals surface area contributed by atoms with Crippen LogP contribution in [0.4, 0.5) is 0 Å². The molecule has 0 aromatic heterocycles. The molecule has 0 unspecified atom stereocenters. The molecule has 0 aliphatic carbocycles. The van der Waals surface area contributed by atoms with Crippen LogP contribution in [-0.2, 0) is 27.2 Å². The van der Waals surface area contributed by atoms with Gasteiger partial charge in [0, 0.05) is 36.9 Å². The van der Waals surface area contributed by atoms with Gasteiger partial charge in [-0.15, -0.1) is 0 Å². The number of hydrogen-bond donors (Lipinski definition) is 0. The molecular formula is C14H25BO6P3. The van der Waals surface area contributed by atoms with Gasteiger partial charge in [0.05, 0.1) is 12.3 Å². The van der Waals surface area contributed by atoms with Crippen LogP contribution >= 0.6 is 23.1 Å². The summed E-state index contributed by atoms with van der Waals surface area (Å²) in [6.07, 6.45) is 1.97. The van der Waals surface area contributed by atoms with Gasteiger partial charge in [0.1, 0.15) is 0 Å². The summed E-state index contributed by atoms with van der Waals surface area (Å²) in [5.41, 5.74) is 0. The van der Waals surface area contributed by atoms with E-state index in [4.69, 9.17) is 18.1 Å². The summed E-state index contributed by atoms with van der Waals surface area (Å²) in [6, 6.07) is 9.93. The van der Waals surface area contributed by atoms with Crippen LogP contribution in [0, 0.1) is 0 Å². The van der Waals surface area contributed by atoms with E-state index in [0.717, 1.165) is 5.30 Å². The summed E-state index contributed by atoms with van der Waals surface area (Å²) in [6.45, 7) is 0. The fraction of sp³-hybridized carbons (Fsp3) is 0.571. The Labute approximate surface area is 148 Å². The summed E-state index contributed by atoms with van der Waals surface area (Å²) in [4.78, 5) is 0. The quantitative estimate of drug-likeness (QED) is 0.424. The molecule has 24 heavy (non-hydrogen) atoms. The maximum atomic E-state index is 12.3. The standard InChI is InChI=1S/C14H25O6P3.B/c1-17-22(15,18-2)12-10-21(14-8-6-5-7-9-14)11-13-23(16,19-3)20-4;/h5-9H,10-13H2,1-4H3;. The molecule has 3 radical (unpaired) electrons. The van der Waals surface area contributed by atoms with Gasteiger partial charge < -0.3 is 18.1 Å². The fourth-order valence-electron chi connectivity index (χ4n) is 2.01. The lowest BCUT2D eigenvalue weighted by Gasteiger charge is -2.22. The lowest BCUT2D eigenvalue weighted by Crippen LogP contribution is -2.12. The Kier molecular flexibility index (Phi) is 11.6. The van der Waals surface area contributed by atoms with E-state index in [1.807, 2.05) is 30.3 Å². The molecule has 0 amide bonds. The molecule has 135 valence electrons. The summed E-state index contributed by atoms with van der Waals surface area (Å²) in [5, 5.41) is 1.15. The molecule has 0 heterocycles. The minimum Gasteiger partial charge on any atom is -0.312 e. The van der Waals surface area contributed by atoms with Gasteiger partial charge in [0.15, 0.2) is 0 Å². The van der Waals surface area contributed by atoms with Crippen LogP contribution in [-0.4, -0.2) is 61.5 Å². The van der Waals surface area contributed by atoms with Gasteiger partial charge in [-0.3, -0.25) is 9.13 Å². The zero-order chi connectivity index (χ0) is 17.3. The van der Waals surface area contributed by atoms with E-state index < -0.39 is 23.1 Å². The van der Waals surface area contributed by atoms with E-state index in [9.17, 15) is 9.13 Å². The van der Waals surface area contributed by atoms with Crippen LogP contribution in [0.25, 0.3) is 0 Å². The van der Waals surface area contributed by atoms with Crippen molar-refractivity contribution < 1.29 is 27.2 Å². The van der Waals surface area contributed by atoms with Crippen LogP contribution in [0.3, 0.4) is 0 Å². The van der Waals surface area contributed by atoms with E-state index in [1.165, 1.54) is 28.4 Å². The summed E-state index contributed by atoms with van der Waals surface area (Å²) < 4.78 is 44.5. The van der Waals surface area contributed by atoms with Gasteiger partial charge in [0.25, 0.3) is 0 Å². The monoisotopic (exact) mass is 393 g/mol. The lowest BCUT2D eigenvalue weighted by atomic mass is 10.4. The fourth-order valence-corrected chi connectivity index (χ4v) is 8.26. The second-order valence-corrected chi connectivity index (χ2v) is 12.0. The van der Waals surface area contributed by atoms with E-state index >= 15 is 0 Å². The van der Waals surface area contributed by atoms with E-state index in [1.54, 1.807) is 0 Å². The van der Waals surface area contributed by atoms with Gasteiger partial charge >= 0.3 is 15.2 Å². The molecule has 1 rings (SSSR count). The number of benzene rings is 1. The highest BCUT2D eigenvalue weighted by atomic mass is 31.2. The average molecular weight is 393 g/mol. The predicted octanol–water partition coefficient (Wildman–Crippen LogP) is 3.38. The van der Waals surface area contributed by atoms with E-state index in [2.05, 4.69) is 0 Å². The molecule has 0 spiro atoms.